The lowest BCUT2D eigenvalue weighted by Crippen LogP contribution is -2.03. The van der Waals surface area contributed by atoms with E-state index in [-0.39, 0.29) is 12.3 Å². The van der Waals surface area contributed by atoms with Crippen molar-refractivity contribution in [3.05, 3.63) is 29.5 Å². The molecule has 2 N–H and O–H groups in total. The lowest BCUT2D eigenvalue weighted by molar-refractivity contribution is -0.137. The van der Waals surface area contributed by atoms with Crippen LogP contribution in [0.5, 0.6) is 5.75 Å². The van der Waals surface area contributed by atoms with Crippen LogP contribution in [-0.2, 0) is 11.2 Å². The van der Waals surface area contributed by atoms with Crippen LogP contribution in [0, 0.1) is 0 Å². The number of H-pyrrole nitrogens is 1. The first-order chi connectivity index (χ1) is 8.69. The van der Waals surface area contributed by atoms with E-state index in [4.69, 9.17) is 9.84 Å². The van der Waals surface area contributed by atoms with Crippen LogP contribution in [0.4, 0.5) is 0 Å². The molecule has 4 heteroatoms. The van der Waals surface area contributed by atoms with Crippen LogP contribution in [-0.4, -0.2) is 23.2 Å². The topological polar surface area (TPSA) is 62.3 Å². The molecule has 2 aromatic rings. The van der Waals surface area contributed by atoms with Crippen LogP contribution in [0.3, 0.4) is 0 Å². The molecule has 1 aromatic heterocycles. The quantitative estimate of drug-likeness (QED) is 0.873. The van der Waals surface area contributed by atoms with Crippen molar-refractivity contribution >= 4 is 16.9 Å². The van der Waals surface area contributed by atoms with E-state index in [1.807, 2.05) is 18.2 Å². The second kappa shape index (κ2) is 4.05. The number of ether oxygens (including phenoxy) is 1. The average Bonchev–Trinajstić information content (AvgIpc) is 2.88. The van der Waals surface area contributed by atoms with E-state index in [1.54, 1.807) is 7.11 Å². The molecule has 0 saturated heterocycles. The zero-order chi connectivity index (χ0) is 12.7. The Morgan fingerprint density at radius 1 is 1.56 bits per heavy atom. The molecular formula is C14H15NO3. The van der Waals surface area contributed by atoms with Crippen LogP contribution in [0.25, 0.3) is 10.9 Å². The molecule has 1 aliphatic carbocycles. The first-order valence-corrected chi connectivity index (χ1v) is 6.09. The number of aromatic amines is 1. The third kappa shape index (κ3) is 1.65. The molecule has 0 unspecified atom stereocenters. The van der Waals surface area contributed by atoms with Gasteiger partial charge in [0.15, 0.2) is 0 Å². The maximum absolute atomic E-state index is 10.8. The second-order valence-corrected chi connectivity index (χ2v) is 4.76. The van der Waals surface area contributed by atoms with Gasteiger partial charge in [-0.2, -0.15) is 0 Å². The van der Waals surface area contributed by atoms with Crippen molar-refractivity contribution in [2.45, 2.75) is 25.2 Å². The molecule has 0 radical (unpaired) electrons. The molecule has 94 valence electrons. The summed E-state index contributed by atoms with van der Waals surface area (Å²) in [5, 5.41) is 10.1. The normalized spacial score (nSPS) is 17.9. The first kappa shape index (κ1) is 11.1. The Bertz CT molecular complexity index is 615. The van der Waals surface area contributed by atoms with E-state index in [9.17, 15) is 4.79 Å². The molecule has 0 fully saturated rings. The smallest absolute Gasteiger partial charge is 0.304 e. The van der Waals surface area contributed by atoms with Crippen molar-refractivity contribution in [1.82, 2.24) is 4.98 Å². The highest BCUT2D eigenvalue weighted by atomic mass is 16.5. The zero-order valence-electron chi connectivity index (χ0n) is 10.2. The van der Waals surface area contributed by atoms with Crippen LogP contribution in [0.2, 0.25) is 0 Å². The van der Waals surface area contributed by atoms with E-state index >= 15 is 0 Å². The predicted molar refractivity (Wildman–Crippen MR) is 68.2 cm³/mol. The molecule has 1 heterocycles. The number of aliphatic carboxylic acids is 1. The van der Waals surface area contributed by atoms with Crippen molar-refractivity contribution in [1.29, 1.82) is 0 Å². The summed E-state index contributed by atoms with van der Waals surface area (Å²) in [5.74, 6) is 0.228. The summed E-state index contributed by atoms with van der Waals surface area (Å²) in [6.45, 7) is 0. The number of aromatic nitrogens is 1. The molecule has 4 nitrogen and oxygen atoms in total. The summed E-state index contributed by atoms with van der Waals surface area (Å²) >= 11 is 0. The number of rotatable bonds is 3. The van der Waals surface area contributed by atoms with Gasteiger partial charge in [-0.3, -0.25) is 4.79 Å². The van der Waals surface area contributed by atoms with Gasteiger partial charge in [0, 0.05) is 22.5 Å². The van der Waals surface area contributed by atoms with Gasteiger partial charge in [0.1, 0.15) is 5.75 Å². The Morgan fingerprint density at radius 3 is 3.11 bits per heavy atom. The Kier molecular flexibility index (Phi) is 2.51. The summed E-state index contributed by atoms with van der Waals surface area (Å²) in [4.78, 5) is 14.2. The van der Waals surface area contributed by atoms with Gasteiger partial charge in [-0.1, -0.05) is 0 Å². The average molecular weight is 245 g/mol. The largest absolute Gasteiger partial charge is 0.497 e. The van der Waals surface area contributed by atoms with Gasteiger partial charge in [0.05, 0.1) is 13.5 Å². The summed E-state index contributed by atoms with van der Waals surface area (Å²) in [5.41, 5.74) is 3.42. The molecule has 3 rings (SSSR count). The maximum Gasteiger partial charge on any atom is 0.304 e. The van der Waals surface area contributed by atoms with Crippen LogP contribution < -0.4 is 4.74 Å². The molecule has 18 heavy (non-hydrogen) atoms. The molecule has 0 amide bonds. The minimum Gasteiger partial charge on any atom is -0.497 e. The van der Waals surface area contributed by atoms with Crippen LogP contribution in [0.15, 0.2) is 18.2 Å². The highest BCUT2D eigenvalue weighted by Gasteiger charge is 2.28. The standard InChI is InChI=1S/C14H15NO3/c1-18-9-3-5-12-11(7-9)10-4-2-8(6-13(16)17)14(10)15-12/h3,5,7-8,15H,2,4,6H2,1H3,(H,16,17)/t8-/m1/s1. The highest BCUT2D eigenvalue weighted by molar-refractivity contribution is 5.87. The zero-order valence-corrected chi connectivity index (χ0v) is 10.2. The van der Waals surface area contributed by atoms with Crippen LogP contribution in [0.1, 0.15) is 30.0 Å². The van der Waals surface area contributed by atoms with Gasteiger partial charge in [-0.25, -0.2) is 0 Å². The lowest BCUT2D eigenvalue weighted by atomic mass is 10.0. The number of aryl methyl sites for hydroxylation is 1. The lowest BCUT2D eigenvalue weighted by Gasteiger charge is -2.05. The molecular weight excluding hydrogens is 230 g/mol. The van der Waals surface area contributed by atoms with E-state index < -0.39 is 5.97 Å². The van der Waals surface area contributed by atoms with Crippen molar-refractivity contribution < 1.29 is 14.6 Å². The van der Waals surface area contributed by atoms with Crippen molar-refractivity contribution in [3.8, 4) is 5.75 Å². The number of benzene rings is 1. The third-order valence-electron chi connectivity index (χ3n) is 3.72. The van der Waals surface area contributed by atoms with E-state index in [1.165, 1.54) is 5.56 Å². The van der Waals surface area contributed by atoms with Gasteiger partial charge in [0.25, 0.3) is 0 Å². The number of methoxy groups -OCH3 is 1. The van der Waals surface area contributed by atoms with Crippen molar-refractivity contribution in [3.63, 3.8) is 0 Å². The third-order valence-corrected chi connectivity index (χ3v) is 3.72. The van der Waals surface area contributed by atoms with Gasteiger partial charge in [-0.05, 0) is 36.6 Å². The Labute approximate surface area is 105 Å². The first-order valence-electron chi connectivity index (χ1n) is 6.09. The Hall–Kier alpha value is -1.97. The molecule has 0 saturated carbocycles. The highest BCUT2D eigenvalue weighted by Crippen LogP contribution is 2.40. The summed E-state index contributed by atoms with van der Waals surface area (Å²) in [6.07, 6.45) is 2.07. The van der Waals surface area contributed by atoms with Crippen LogP contribution >= 0.6 is 0 Å². The number of hydrogen-bond acceptors (Lipinski definition) is 2. The van der Waals surface area contributed by atoms with E-state index in [0.29, 0.717) is 0 Å². The number of carboxylic acids is 1. The number of nitrogens with one attached hydrogen (secondary N) is 1. The van der Waals surface area contributed by atoms with Crippen molar-refractivity contribution in [2.24, 2.45) is 0 Å². The SMILES string of the molecule is COc1ccc2[nH]c3c(c2c1)CC[C@@H]3CC(=O)O. The van der Waals surface area contributed by atoms with Gasteiger partial charge in [-0.15, -0.1) is 0 Å². The summed E-state index contributed by atoms with van der Waals surface area (Å²) < 4.78 is 5.23. The number of carbonyl (C=O) groups is 1. The molecule has 0 aliphatic heterocycles. The molecule has 1 aromatic carbocycles. The van der Waals surface area contributed by atoms with Gasteiger partial charge >= 0.3 is 5.97 Å². The molecule has 1 atom stereocenters. The fourth-order valence-corrected chi connectivity index (χ4v) is 2.87. The monoisotopic (exact) mass is 245 g/mol. The minimum atomic E-state index is -0.732. The predicted octanol–water partition coefficient (Wildman–Crippen LogP) is 2.68. The Balaban J connectivity index is 2.07. The molecule has 0 spiro atoms. The summed E-state index contributed by atoms with van der Waals surface area (Å²) in [7, 11) is 1.65. The maximum atomic E-state index is 10.8. The fourth-order valence-electron chi connectivity index (χ4n) is 2.87. The number of fused-ring (bicyclic) bond motifs is 3. The molecule has 0 bridgehead atoms. The van der Waals surface area contributed by atoms with E-state index in [0.717, 1.165) is 35.2 Å². The van der Waals surface area contributed by atoms with Gasteiger partial charge < -0.3 is 14.8 Å². The minimum absolute atomic E-state index is 0.121. The molecule has 1 aliphatic rings. The second-order valence-electron chi connectivity index (χ2n) is 4.76. The number of hydrogen-bond donors (Lipinski definition) is 2. The number of carboxylic acid groups (broad SMARTS) is 1. The van der Waals surface area contributed by atoms with Crippen molar-refractivity contribution in [2.75, 3.05) is 7.11 Å². The fraction of sp³-hybridized carbons (Fsp3) is 0.357. The Morgan fingerprint density at radius 2 is 2.39 bits per heavy atom. The summed E-state index contributed by atoms with van der Waals surface area (Å²) in [6, 6.07) is 5.93. The van der Waals surface area contributed by atoms with E-state index in [2.05, 4.69) is 4.98 Å². The van der Waals surface area contributed by atoms with Gasteiger partial charge in [0.2, 0.25) is 0 Å².